The number of amides is 1. The van der Waals surface area contributed by atoms with Crippen molar-refractivity contribution in [1.29, 1.82) is 0 Å². The fraction of sp³-hybridized carbons (Fsp3) is 0.533. The van der Waals surface area contributed by atoms with Crippen LogP contribution in [-0.4, -0.2) is 32.4 Å². The Morgan fingerprint density at radius 2 is 1.82 bits per heavy atom. The molecule has 1 amide bonds. The number of nitrogens with one attached hydrogen (secondary N) is 1. The summed E-state index contributed by atoms with van der Waals surface area (Å²) in [6.07, 6.45) is 2.24. The smallest absolute Gasteiger partial charge is 0.237 e. The van der Waals surface area contributed by atoms with Crippen molar-refractivity contribution in [2.75, 3.05) is 12.0 Å². The van der Waals surface area contributed by atoms with Gasteiger partial charge in [0.1, 0.15) is 9.84 Å². The predicted molar refractivity (Wildman–Crippen MR) is 91.9 cm³/mol. The molecule has 0 heterocycles. The highest BCUT2D eigenvalue weighted by atomic mass is 35.5. The second-order valence-electron chi connectivity index (χ2n) is 5.35. The predicted octanol–water partition coefficient (Wildman–Crippen LogP) is 1.61. The van der Waals surface area contributed by atoms with E-state index in [0.717, 1.165) is 18.2 Å². The normalized spacial score (nSPS) is 13.8. The molecule has 0 aromatic heterocycles. The van der Waals surface area contributed by atoms with Gasteiger partial charge in [-0.2, -0.15) is 0 Å². The Morgan fingerprint density at radius 3 is 2.27 bits per heavy atom. The lowest BCUT2D eigenvalue weighted by molar-refractivity contribution is -0.123. The molecule has 1 aromatic rings. The Hall–Kier alpha value is -1.11. The van der Waals surface area contributed by atoms with Crippen molar-refractivity contribution >= 4 is 28.2 Å². The first kappa shape index (κ1) is 20.9. The van der Waals surface area contributed by atoms with Crippen molar-refractivity contribution in [1.82, 2.24) is 5.32 Å². The Labute approximate surface area is 139 Å². The van der Waals surface area contributed by atoms with Crippen molar-refractivity contribution in [2.45, 2.75) is 38.8 Å². The van der Waals surface area contributed by atoms with E-state index in [1.165, 1.54) is 5.56 Å². The van der Waals surface area contributed by atoms with Gasteiger partial charge in [0.25, 0.3) is 0 Å². The monoisotopic (exact) mass is 348 g/mol. The molecule has 1 rings (SSSR count). The molecule has 5 nitrogen and oxygen atoms in total. The third kappa shape index (κ3) is 7.24. The zero-order valence-electron chi connectivity index (χ0n) is 13.2. The first-order valence-corrected chi connectivity index (χ1v) is 9.11. The number of hydrogen-bond donors (Lipinski definition) is 2. The maximum absolute atomic E-state index is 11.9. The van der Waals surface area contributed by atoms with Crippen LogP contribution in [-0.2, 0) is 21.1 Å². The van der Waals surface area contributed by atoms with E-state index in [1.54, 1.807) is 0 Å². The number of benzene rings is 1. The summed E-state index contributed by atoms with van der Waals surface area (Å²) in [4.78, 5) is 11.9. The summed E-state index contributed by atoms with van der Waals surface area (Å²) in [6, 6.07) is 7.05. The van der Waals surface area contributed by atoms with Crippen LogP contribution < -0.4 is 11.1 Å². The van der Waals surface area contributed by atoms with Crippen molar-refractivity contribution in [3.05, 3.63) is 35.4 Å². The average Bonchev–Trinajstić information content (AvgIpc) is 2.43. The Kier molecular flexibility index (Phi) is 8.66. The Bertz CT molecular complexity index is 573. The quantitative estimate of drug-likeness (QED) is 0.783. The number of hydrogen-bond acceptors (Lipinski definition) is 4. The molecule has 7 heteroatoms. The number of halogens is 1. The number of carbonyl (C=O) groups excluding carboxylic acids is 1. The summed E-state index contributed by atoms with van der Waals surface area (Å²) >= 11 is 0. The molecular formula is C15H25ClN2O3S. The molecule has 126 valence electrons. The largest absolute Gasteiger partial charge is 0.348 e. The van der Waals surface area contributed by atoms with Crippen LogP contribution in [0.3, 0.4) is 0 Å². The number of nitrogens with two attached hydrogens (primary N) is 1. The molecule has 22 heavy (non-hydrogen) atoms. The summed E-state index contributed by atoms with van der Waals surface area (Å²) in [5.74, 6) is -0.410. The molecule has 2 unspecified atom stereocenters. The maximum Gasteiger partial charge on any atom is 0.237 e. The van der Waals surface area contributed by atoms with Crippen LogP contribution in [0.25, 0.3) is 0 Å². The van der Waals surface area contributed by atoms with Crippen molar-refractivity contribution in [3.8, 4) is 0 Å². The third-order valence-corrected chi connectivity index (χ3v) is 4.36. The summed E-state index contributed by atoms with van der Waals surface area (Å²) < 4.78 is 22.2. The first-order valence-electron chi connectivity index (χ1n) is 7.05. The fourth-order valence-electron chi connectivity index (χ4n) is 1.92. The van der Waals surface area contributed by atoms with Crippen molar-refractivity contribution in [2.24, 2.45) is 5.73 Å². The molecule has 2 atom stereocenters. The second-order valence-corrected chi connectivity index (χ2v) is 7.61. The maximum atomic E-state index is 11.9. The lowest BCUT2D eigenvalue weighted by Gasteiger charge is -2.18. The second kappa shape index (κ2) is 9.12. The minimum absolute atomic E-state index is 0. The Morgan fingerprint density at radius 1 is 1.27 bits per heavy atom. The summed E-state index contributed by atoms with van der Waals surface area (Å²) in [7, 11) is -3.10. The minimum Gasteiger partial charge on any atom is -0.348 e. The standard InChI is InChI=1S/C15H24N2O3S.ClH/c1-4-12-5-7-13(8-6-12)11(2)17-15(18)14(16)9-10-21(3,19)20;/h5-8,11,14H,4,9-10,16H2,1-3H3,(H,17,18);1H. The molecule has 0 aliphatic heterocycles. The number of aryl methyl sites for hydroxylation is 1. The summed E-state index contributed by atoms with van der Waals surface area (Å²) in [6.45, 7) is 3.96. The van der Waals surface area contributed by atoms with Gasteiger partial charge in [0.05, 0.1) is 17.8 Å². The fourth-order valence-corrected chi connectivity index (χ4v) is 2.60. The van der Waals surface area contributed by atoms with E-state index in [9.17, 15) is 13.2 Å². The molecule has 0 saturated carbocycles. The van der Waals surface area contributed by atoms with Crippen LogP contribution in [0.15, 0.2) is 24.3 Å². The van der Waals surface area contributed by atoms with Gasteiger partial charge in [-0.05, 0) is 30.9 Å². The number of carbonyl (C=O) groups is 1. The van der Waals surface area contributed by atoms with Crippen LogP contribution in [0, 0.1) is 0 Å². The highest BCUT2D eigenvalue weighted by Crippen LogP contribution is 2.14. The van der Waals surface area contributed by atoms with E-state index in [0.29, 0.717) is 0 Å². The van der Waals surface area contributed by atoms with Crippen LogP contribution in [0.2, 0.25) is 0 Å². The third-order valence-electron chi connectivity index (χ3n) is 3.38. The zero-order chi connectivity index (χ0) is 16.0. The highest BCUT2D eigenvalue weighted by molar-refractivity contribution is 7.90. The molecule has 0 fully saturated rings. The number of rotatable bonds is 7. The van der Waals surface area contributed by atoms with Crippen LogP contribution in [0.4, 0.5) is 0 Å². The van der Waals surface area contributed by atoms with Crippen molar-refractivity contribution < 1.29 is 13.2 Å². The average molecular weight is 349 g/mol. The molecular weight excluding hydrogens is 324 g/mol. The molecule has 0 radical (unpaired) electrons. The SMILES string of the molecule is CCc1ccc(C(C)NC(=O)C(N)CCS(C)(=O)=O)cc1.Cl. The van der Waals surface area contributed by atoms with E-state index >= 15 is 0 Å². The van der Waals surface area contributed by atoms with Crippen molar-refractivity contribution in [3.63, 3.8) is 0 Å². The lowest BCUT2D eigenvalue weighted by Crippen LogP contribution is -2.42. The number of sulfone groups is 1. The van der Waals surface area contributed by atoms with Gasteiger partial charge < -0.3 is 11.1 Å². The van der Waals surface area contributed by atoms with Gasteiger partial charge in [-0.15, -0.1) is 12.4 Å². The van der Waals surface area contributed by atoms with Gasteiger partial charge in [-0.25, -0.2) is 8.42 Å². The van der Waals surface area contributed by atoms with E-state index < -0.39 is 15.9 Å². The minimum atomic E-state index is -3.10. The van der Waals surface area contributed by atoms with E-state index in [-0.39, 0.29) is 36.5 Å². The molecule has 0 bridgehead atoms. The van der Waals surface area contributed by atoms with Crippen LogP contribution in [0.1, 0.15) is 37.4 Å². The van der Waals surface area contributed by atoms with E-state index in [4.69, 9.17) is 5.73 Å². The first-order chi connectivity index (χ1) is 9.73. The van der Waals surface area contributed by atoms with Gasteiger partial charge in [-0.3, -0.25) is 4.79 Å². The molecule has 3 N–H and O–H groups in total. The van der Waals surface area contributed by atoms with Crippen LogP contribution >= 0.6 is 12.4 Å². The van der Waals surface area contributed by atoms with E-state index in [1.807, 2.05) is 31.2 Å². The van der Waals surface area contributed by atoms with Gasteiger partial charge in [0.15, 0.2) is 0 Å². The summed E-state index contributed by atoms with van der Waals surface area (Å²) in [5.41, 5.74) is 7.95. The van der Waals surface area contributed by atoms with E-state index in [2.05, 4.69) is 12.2 Å². The Balaban J connectivity index is 0.00000441. The topological polar surface area (TPSA) is 89.3 Å². The van der Waals surface area contributed by atoms with Gasteiger partial charge in [0.2, 0.25) is 5.91 Å². The van der Waals surface area contributed by atoms with Gasteiger partial charge in [0, 0.05) is 6.26 Å². The highest BCUT2D eigenvalue weighted by Gasteiger charge is 2.18. The van der Waals surface area contributed by atoms with Gasteiger partial charge >= 0.3 is 0 Å². The van der Waals surface area contributed by atoms with Crippen LogP contribution in [0.5, 0.6) is 0 Å². The molecule has 0 spiro atoms. The lowest BCUT2D eigenvalue weighted by atomic mass is 10.0. The summed E-state index contributed by atoms with van der Waals surface area (Å²) in [5, 5.41) is 2.81. The zero-order valence-corrected chi connectivity index (χ0v) is 14.8. The van der Waals surface area contributed by atoms with Gasteiger partial charge in [-0.1, -0.05) is 31.2 Å². The molecule has 0 aliphatic carbocycles. The molecule has 0 saturated heterocycles. The molecule has 0 aliphatic rings. The molecule has 1 aromatic carbocycles.